The molecule has 0 radical (unpaired) electrons. The van der Waals surface area contributed by atoms with Crippen molar-refractivity contribution < 1.29 is 0 Å². The highest BCUT2D eigenvalue weighted by Crippen LogP contribution is 2.20. The van der Waals surface area contributed by atoms with E-state index in [1.807, 2.05) is 18.3 Å². The summed E-state index contributed by atoms with van der Waals surface area (Å²) in [5, 5.41) is 0. The molecule has 1 N–H and O–H groups in total. The van der Waals surface area contributed by atoms with Crippen molar-refractivity contribution in [1.29, 1.82) is 0 Å². The first-order valence-electron chi connectivity index (χ1n) is 7.57. The molecule has 0 bridgehead atoms. The predicted octanol–water partition coefficient (Wildman–Crippen LogP) is 4.26. The quantitative estimate of drug-likeness (QED) is 0.655. The van der Waals surface area contributed by atoms with Crippen molar-refractivity contribution >= 4 is 12.6 Å². The second kappa shape index (κ2) is 7.32. The molecule has 0 aliphatic carbocycles. The lowest BCUT2D eigenvalue weighted by molar-refractivity contribution is 0.720. The molecule has 1 heterocycles. The van der Waals surface area contributed by atoms with Crippen molar-refractivity contribution in [3.63, 3.8) is 0 Å². The zero-order chi connectivity index (χ0) is 15.2. The zero-order valence-corrected chi connectivity index (χ0v) is 13.3. The molecule has 2 aromatic carbocycles. The van der Waals surface area contributed by atoms with Gasteiger partial charge in [-0.1, -0.05) is 60.7 Å². The summed E-state index contributed by atoms with van der Waals surface area (Å²) in [5.41, 5.74) is 3.77. The molecule has 112 valence electrons. The van der Waals surface area contributed by atoms with Crippen LogP contribution < -0.4 is 0 Å². The summed E-state index contributed by atoms with van der Waals surface area (Å²) in [6.07, 6.45) is 3.80. The fraction of sp³-hybridized carbons (Fsp3) is 0.211. The molecule has 3 aromatic rings. The number of hydrogen-bond donors (Lipinski definition) is 2. The summed E-state index contributed by atoms with van der Waals surface area (Å²) in [4.78, 5) is 8.05. The van der Waals surface area contributed by atoms with E-state index in [-0.39, 0.29) is 0 Å². The van der Waals surface area contributed by atoms with Gasteiger partial charge in [0.25, 0.3) is 0 Å². The van der Waals surface area contributed by atoms with Crippen LogP contribution in [0.5, 0.6) is 0 Å². The fourth-order valence-corrected chi connectivity index (χ4v) is 2.94. The van der Waals surface area contributed by atoms with Crippen molar-refractivity contribution in [2.24, 2.45) is 0 Å². The highest BCUT2D eigenvalue weighted by molar-refractivity contribution is 7.80. The largest absolute Gasteiger partial charge is 0.345 e. The Bertz CT molecular complexity index is 692. The first-order chi connectivity index (χ1) is 10.8. The Hall–Kier alpha value is -2.00. The van der Waals surface area contributed by atoms with Crippen molar-refractivity contribution in [2.75, 3.05) is 5.75 Å². The van der Waals surface area contributed by atoms with E-state index in [4.69, 9.17) is 0 Å². The van der Waals surface area contributed by atoms with Gasteiger partial charge >= 0.3 is 0 Å². The number of aromatic nitrogens is 2. The van der Waals surface area contributed by atoms with Crippen LogP contribution >= 0.6 is 12.6 Å². The Kier molecular flexibility index (Phi) is 4.96. The first kappa shape index (κ1) is 14.9. The van der Waals surface area contributed by atoms with Gasteiger partial charge in [0.15, 0.2) is 0 Å². The fourth-order valence-electron chi connectivity index (χ4n) is 2.64. The Morgan fingerprint density at radius 2 is 1.55 bits per heavy atom. The number of nitrogens with zero attached hydrogens (tertiary/aromatic N) is 1. The number of aromatic amines is 1. The minimum absolute atomic E-state index is 0.315. The van der Waals surface area contributed by atoms with E-state index in [2.05, 4.69) is 71.1 Å². The molecule has 22 heavy (non-hydrogen) atoms. The topological polar surface area (TPSA) is 28.7 Å². The summed E-state index contributed by atoms with van der Waals surface area (Å²) < 4.78 is 0. The molecule has 0 aliphatic heterocycles. The van der Waals surface area contributed by atoms with Crippen LogP contribution in [0, 0.1) is 0 Å². The molecule has 2 nitrogen and oxygen atoms in total. The lowest BCUT2D eigenvalue weighted by Gasteiger charge is -2.11. The number of thiol groups is 1. The Morgan fingerprint density at radius 1 is 0.909 bits per heavy atom. The average Bonchev–Trinajstić information content (AvgIpc) is 3.03. The number of benzene rings is 2. The maximum atomic E-state index is 4.58. The lowest BCUT2D eigenvalue weighted by atomic mass is 10.0. The van der Waals surface area contributed by atoms with Crippen LogP contribution in [0.3, 0.4) is 0 Å². The van der Waals surface area contributed by atoms with Crippen molar-refractivity contribution in [3.8, 4) is 0 Å². The number of imidazole rings is 1. The van der Waals surface area contributed by atoms with Gasteiger partial charge in [-0.25, -0.2) is 4.98 Å². The van der Waals surface area contributed by atoms with E-state index < -0.39 is 0 Å². The van der Waals surface area contributed by atoms with E-state index in [1.54, 1.807) is 0 Å². The zero-order valence-electron chi connectivity index (χ0n) is 12.4. The molecule has 0 saturated heterocycles. The maximum Gasteiger partial charge on any atom is 0.110 e. The van der Waals surface area contributed by atoms with Gasteiger partial charge in [-0.3, -0.25) is 0 Å². The van der Waals surface area contributed by atoms with Crippen LogP contribution in [-0.4, -0.2) is 15.7 Å². The molecule has 0 aliphatic rings. The van der Waals surface area contributed by atoms with Crippen LogP contribution in [0.25, 0.3) is 0 Å². The SMILES string of the molecule is SCC(Cc1ccccc1)c1ncc(Cc2ccccc2)[nH]1. The third-order valence-corrected chi connectivity index (χ3v) is 4.26. The highest BCUT2D eigenvalue weighted by atomic mass is 32.1. The highest BCUT2D eigenvalue weighted by Gasteiger charge is 2.14. The van der Waals surface area contributed by atoms with E-state index in [0.29, 0.717) is 5.92 Å². The Balaban J connectivity index is 1.71. The number of nitrogens with one attached hydrogen (secondary N) is 1. The number of hydrogen-bond acceptors (Lipinski definition) is 2. The van der Waals surface area contributed by atoms with Gasteiger partial charge in [-0.2, -0.15) is 12.6 Å². The molecule has 0 spiro atoms. The second-order valence-electron chi connectivity index (χ2n) is 5.53. The Morgan fingerprint density at radius 3 is 2.18 bits per heavy atom. The van der Waals surface area contributed by atoms with Crippen molar-refractivity contribution in [2.45, 2.75) is 18.8 Å². The molecule has 3 heteroatoms. The van der Waals surface area contributed by atoms with Crippen LogP contribution in [0.15, 0.2) is 66.9 Å². The molecule has 1 aromatic heterocycles. The third-order valence-electron chi connectivity index (χ3n) is 3.82. The van der Waals surface area contributed by atoms with Crippen LogP contribution in [-0.2, 0) is 12.8 Å². The smallest absolute Gasteiger partial charge is 0.110 e. The first-order valence-corrected chi connectivity index (χ1v) is 8.21. The molecule has 3 rings (SSSR count). The minimum atomic E-state index is 0.315. The van der Waals surface area contributed by atoms with E-state index in [0.717, 1.165) is 30.1 Å². The Labute approximate surface area is 137 Å². The van der Waals surface area contributed by atoms with Crippen molar-refractivity contribution in [1.82, 2.24) is 9.97 Å². The van der Waals surface area contributed by atoms with Gasteiger partial charge in [-0.15, -0.1) is 0 Å². The molecule has 0 amide bonds. The van der Waals surface area contributed by atoms with Gasteiger partial charge in [0.05, 0.1) is 0 Å². The summed E-state index contributed by atoms with van der Waals surface area (Å²) in [7, 11) is 0. The summed E-state index contributed by atoms with van der Waals surface area (Å²) in [6.45, 7) is 0. The van der Waals surface area contributed by atoms with Gasteiger partial charge in [0.1, 0.15) is 5.82 Å². The van der Waals surface area contributed by atoms with Gasteiger partial charge in [0, 0.05) is 30.0 Å². The summed E-state index contributed by atoms with van der Waals surface area (Å²) >= 11 is 4.51. The van der Waals surface area contributed by atoms with E-state index in [9.17, 15) is 0 Å². The molecule has 1 atom stereocenters. The van der Waals surface area contributed by atoms with Gasteiger partial charge < -0.3 is 4.98 Å². The molecular formula is C19H20N2S. The molecule has 0 fully saturated rings. The van der Waals surface area contributed by atoms with Crippen LogP contribution in [0.1, 0.15) is 28.6 Å². The van der Waals surface area contributed by atoms with Gasteiger partial charge in [-0.05, 0) is 17.5 Å². The minimum Gasteiger partial charge on any atom is -0.345 e. The molecule has 0 saturated carbocycles. The summed E-state index contributed by atoms with van der Waals surface area (Å²) in [5.74, 6) is 2.13. The molecular weight excluding hydrogens is 288 g/mol. The van der Waals surface area contributed by atoms with Crippen LogP contribution in [0.4, 0.5) is 0 Å². The standard InChI is InChI=1S/C19H20N2S/c22-14-17(11-15-7-3-1-4-8-15)19-20-13-18(21-19)12-16-9-5-2-6-10-16/h1-10,13,17,22H,11-12,14H2,(H,20,21). The summed E-state index contributed by atoms with van der Waals surface area (Å²) in [6, 6.07) is 21.0. The second-order valence-corrected chi connectivity index (χ2v) is 5.89. The van der Waals surface area contributed by atoms with Crippen molar-refractivity contribution in [3.05, 3.63) is 89.5 Å². The maximum absolute atomic E-state index is 4.58. The molecule has 1 unspecified atom stereocenters. The normalized spacial score (nSPS) is 12.2. The van der Waals surface area contributed by atoms with E-state index in [1.165, 1.54) is 11.1 Å². The number of rotatable bonds is 6. The predicted molar refractivity (Wildman–Crippen MR) is 94.6 cm³/mol. The lowest BCUT2D eigenvalue weighted by Crippen LogP contribution is -2.07. The monoisotopic (exact) mass is 308 g/mol. The van der Waals surface area contributed by atoms with Gasteiger partial charge in [0.2, 0.25) is 0 Å². The van der Waals surface area contributed by atoms with Crippen LogP contribution in [0.2, 0.25) is 0 Å². The number of H-pyrrole nitrogens is 1. The third kappa shape index (κ3) is 3.80. The van der Waals surface area contributed by atoms with E-state index >= 15 is 0 Å². The average molecular weight is 308 g/mol.